The van der Waals surface area contributed by atoms with Crippen LogP contribution in [0.4, 0.5) is 11.4 Å². The second-order valence-electron chi connectivity index (χ2n) is 3.82. The predicted octanol–water partition coefficient (Wildman–Crippen LogP) is 2.19. The number of rotatable bonds is 1. The minimum atomic E-state index is 0.00251. The summed E-state index contributed by atoms with van der Waals surface area (Å²) >= 11 is 1.61. The topological polar surface area (TPSA) is 32.3 Å². The van der Waals surface area contributed by atoms with Crippen LogP contribution in [0.25, 0.3) is 0 Å². The minimum Gasteiger partial charge on any atom is -0.378 e. The molecule has 0 saturated heterocycles. The summed E-state index contributed by atoms with van der Waals surface area (Å²) in [6.07, 6.45) is 0. The van der Waals surface area contributed by atoms with Gasteiger partial charge in [-0.05, 0) is 25.1 Å². The summed E-state index contributed by atoms with van der Waals surface area (Å²) in [6, 6.07) is 6.13. The van der Waals surface area contributed by atoms with E-state index in [1.165, 1.54) is 0 Å². The Bertz CT molecular complexity index is 404. The van der Waals surface area contributed by atoms with Gasteiger partial charge in [0.1, 0.15) is 0 Å². The van der Waals surface area contributed by atoms with Gasteiger partial charge in [0.2, 0.25) is 5.91 Å². The molecule has 1 atom stereocenters. The van der Waals surface area contributed by atoms with Gasteiger partial charge in [0, 0.05) is 24.7 Å². The van der Waals surface area contributed by atoms with Crippen molar-refractivity contribution in [3.8, 4) is 0 Å². The highest BCUT2D eigenvalue weighted by Crippen LogP contribution is 2.37. The van der Waals surface area contributed by atoms with Crippen molar-refractivity contribution < 1.29 is 4.79 Å². The summed E-state index contributed by atoms with van der Waals surface area (Å²) in [5.74, 6) is 0.0865. The van der Waals surface area contributed by atoms with Crippen LogP contribution in [0.1, 0.15) is 6.92 Å². The highest BCUT2D eigenvalue weighted by molar-refractivity contribution is 8.00. The first-order valence-electron chi connectivity index (χ1n) is 4.87. The second kappa shape index (κ2) is 3.77. The van der Waals surface area contributed by atoms with E-state index in [0.717, 1.165) is 16.3 Å². The molecule has 1 N–H and O–H groups in total. The number of benzene rings is 1. The lowest BCUT2D eigenvalue weighted by Crippen LogP contribution is -2.26. The van der Waals surface area contributed by atoms with Crippen LogP contribution in [0, 0.1) is 0 Å². The largest absolute Gasteiger partial charge is 0.378 e. The number of nitrogens with zero attached hydrogens (tertiary/aromatic N) is 1. The molecule has 3 nitrogen and oxygen atoms in total. The molecule has 0 saturated carbocycles. The number of hydrogen-bond donors (Lipinski definition) is 1. The zero-order chi connectivity index (χ0) is 11.0. The van der Waals surface area contributed by atoms with E-state index < -0.39 is 0 Å². The summed E-state index contributed by atoms with van der Waals surface area (Å²) in [7, 11) is 3.98. The van der Waals surface area contributed by atoms with Crippen LogP contribution in [0.3, 0.4) is 0 Å². The molecule has 1 aromatic rings. The Hall–Kier alpha value is -1.16. The van der Waals surface area contributed by atoms with Crippen molar-refractivity contribution >= 4 is 29.0 Å². The zero-order valence-electron chi connectivity index (χ0n) is 9.07. The molecular weight excluding hydrogens is 208 g/mol. The monoisotopic (exact) mass is 222 g/mol. The number of carbonyl (C=O) groups is 1. The lowest BCUT2D eigenvalue weighted by atomic mass is 10.2. The van der Waals surface area contributed by atoms with Crippen LogP contribution in [-0.4, -0.2) is 25.3 Å². The average Bonchev–Trinajstić information content (AvgIpc) is 2.19. The third-order valence-electron chi connectivity index (χ3n) is 2.41. The van der Waals surface area contributed by atoms with Crippen molar-refractivity contribution in [3.05, 3.63) is 18.2 Å². The molecule has 15 heavy (non-hydrogen) atoms. The van der Waals surface area contributed by atoms with Gasteiger partial charge in [0.15, 0.2) is 0 Å². The number of carbonyl (C=O) groups excluding carboxylic acids is 1. The average molecular weight is 222 g/mol. The summed E-state index contributed by atoms with van der Waals surface area (Å²) in [6.45, 7) is 1.92. The highest BCUT2D eigenvalue weighted by atomic mass is 32.2. The van der Waals surface area contributed by atoms with E-state index >= 15 is 0 Å². The van der Waals surface area contributed by atoms with Crippen molar-refractivity contribution in [3.63, 3.8) is 0 Å². The van der Waals surface area contributed by atoms with E-state index in [1.807, 2.05) is 32.0 Å². The van der Waals surface area contributed by atoms with Crippen LogP contribution in [0.2, 0.25) is 0 Å². The van der Waals surface area contributed by atoms with Crippen LogP contribution < -0.4 is 10.2 Å². The normalized spacial score (nSPS) is 19.4. The number of anilines is 2. The highest BCUT2D eigenvalue weighted by Gasteiger charge is 2.22. The van der Waals surface area contributed by atoms with Gasteiger partial charge >= 0.3 is 0 Å². The van der Waals surface area contributed by atoms with E-state index in [9.17, 15) is 4.79 Å². The van der Waals surface area contributed by atoms with Crippen molar-refractivity contribution in [1.29, 1.82) is 0 Å². The van der Waals surface area contributed by atoms with Gasteiger partial charge in [-0.3, -0.25) is 4.79 Å². The fraction of sp³-hybridized carbons (Fsp3) is 0.364. The molecule has 0 spiro atoms. The first-order valence-corrected chi connectivity index (χ1v) is 5.75. The molecule has 1 unspecified atom stereocenters. The quantitative estimate of drug-likeness (QED) is 0.790. The zero-order valence-corrected chi connectivity index (χ0v) is 9.89. The second-order valence-corrected chi connectivity index (χ2v) is 5.21. The molecule has 0 aliphatic carbocycles. The van der Waals surface area contributed by atoms with Gasteiger partial charge in [-0.2, -0.15) is 0 Å². The van der Waals surface area contributed by atoms with E-state index in [2.05, 4.69) is 17.4 Å². The third kappa shape index (κ3) is 1.95. The van der Waals surface area contributed by atoms with Gasteiger partial charge in [-0.1, -0.05) is 0 Å². The standard InChI is InChI=1S/C11H14N2OS/c1-7-11(14)12-9-6-8(13(2)3)4-5-10(9)15-7/h4-7H,1-3H3,(H,12,14). The SMILES string of the molecule is CC1Sc2ccc(N(C)C)cc2NC1=O. The predicted molar refractivity (Wildman–Crippen MR) is 64.7 cm³/mol. The van der Waals surface area contributed by atoms with Crippen LogP contribution >= 0.6 is 11.8 Å². The molecule has 0 bridgehead atoms. The maximum atomic E-state index is 11.5. The van der Waals surface area contributed by atoms with Gasteiger partial charge in [0.05, 0.1) is 10.9 Å². The molecule has 1 aliphatic rings. The lowest BCUT2D eigenvalue weighted by molar-refractivity contribution is -0.115. The van der Waals surface area contributed by atoms with Crippen molar-refractivity contribution in [1.82, 2.24) is 0 Å². The van der Waals surface area contributed by atoms with Gasteiger partial charge in [-0.15, -0.1) is 11.8 Å². The molecule has 2 rings (SSSR count). The van der Waals surface area contributed by atoms with Crippen molar-refractivity contribution in [2.75, 3.05) is 24.3 Å². The van der Waals surface area contributed by atoms with Crippen molar-refractivity contribution in [2.24, 2.45) is 0 Å². The first kappa shape index (κ1) is 10.4. The Labute approximate surface area is 93.8 Å². The Morgan fingerprint density at radius 1 is 1.40 bits per heavy atom. The number of thioether (sulfide) groups is 1. The molecular formula is C11H14N2OS. The van der Waals surface area contributed by atoms with Crippen LogP contribution in [0.15, 0.2) is 23.1 Å². The Kier molecular flexibility index (Phi) is 2.61. The summed E-state index contributed by atoms with van der Waals surface area (Å²) in [5, 5.41) is 2.92. The molecule has 0 fully saturated rings. The number of amides is 1. The summed E-state index contributed by atoms with van der Waals surface area (Å²) in [5.41, 5.74) is 2.03. The molecule has 80 valence electrons. The fourth-order valence-corrected chi connectivity index (χ4v) is 2.41. The van der Waals surface area contributed by atoms with E-state index in [-0.39, 0.29) is 11.2 Å². The first-order chi connectivity index (χ1) is 7.08. The van der Waals surface area contributed by atoms with Crippen molar-refractivity contribution in [2.45, 2.75) is 17.1 Å². The lowest BCUT2D eigenvalue weighted by Gasteiger charge is -2.23. The summed E-state index contributed by atoms with van der Waals surface area (Å²) < 4.78 is 0. The van der Waals surface area contributed by atoms with Crippen LogP contribution in [-0.2, 0) is 4.79 Å². The molecule has 4 heteroatoms. The number of nitrogens with one attached hydrogen (secondary N) is 1. The van der Waals surface area contributed by atoms with Gasteiger partial charge in [0.25, 0.3) is 0 Å². The van der Waals surface area contributed by atoms with Crippen LogP contribution in [0.5, 0.6) is 0 Å². The van der Waals surface area contributed by atoms with Gasteiger partial charge in [-0.25, -0.2) is 0 Å². The molecule has 0 aromatic heterocycles. The third-order valence-corrected chi connectivity index (χ3v) is 3.59. The molecule has 1 amide bonds. The summed E-state index contributed by atoms with van der Waals surface area (Å²) in [4.78, 5) is 14.7. The minimum absolute atomic E-state index is 0.00251. The maximum Gasteiger partial charge on any atom is 0.237 e. The van der Waals surface area contributed by atoms with E-state index in [4.69, 9.17) is 0 Å². The smallest absolute Gasteiger partial charge is 0.237 e. The molecule has 1 aromatic carbocycles. The Morgan fingerprint density at radius 3 is 2.80 bits per heavy atom. The molecule has 1 aliphatic heterocycles. The molecule has 0 radical (unpaired) electrons. The maximum absolute atomic E-state index is 11.5. The van der Waals surface area contributed by atoms with E-state index in [0.29, 0.717) is 0 Å². The van der Waals surface area contributed by atoms with Gasteiger partial charge < -0.3 is 10.2 Å². The fourth-order valence-electron chi connectivity index (χ4n) is 1.47. The number of fused-ring (bicyclic) bond motifs is 1. The number of hydrogen-bond acceptors (Lipinski definition) is 3. The molecule has 1 heterocycles. The Balaban J connectivity index is 2.37. The Morgan fingerprint density at radius 2 is 2.13 bits per heavy atom. The van der Waals surface area contributed by atoms with E-state index in [1.54, 1.807) is 11.8 Å².